The molecule has 1 aliphatic heterocycles. The van der Waals surface area contributed by atoms with Crippen molar-refractivity contribution in [2.45, 2.75) is 82.6 Å². The Morgan fingerprint density at radius 2 is 1.48 bits per heavy atom. The summed E-state index contributed by atoms with van der Waals surface area (Å²) in [6.07, 6.45) is -0.679. The van der Waals surface area contributed by atoms with Crippen LogP contribution in [0.4, 0.5) is 10.5 Å². The van der Waals surface area contributed by atoms with Crippen molar-refractivity contribution in [2.24, 2.45) is 0 Å². The van der Waals surface area contributed by atoms with Crippen LogP contribution < -0.4 is 19.5 Å². The van der Waals surface area contributed by atoms with Crippen molar-refractivity contribution in [2.75, 3.05) is 13.2 Å². The van der Waals surface area contributed by atoms with Crippen molar-refractivity contribution in [1.29, 1.82) is 0 Å². The Balaban J connectivity index is 1.37. The molecule has 15 heteroatoms. The Hall–Kier alpha value is -5.96. The molecule has 0 radical (unpaired) electrons. The van der Waals surface area contributed by atoms with Crippen LogP contribution in [0.5, 0.6) is 11.5 Å². The smallest absolute Gasteiger partial charge is 0.411 e. The third kappa shape index (κ3) is 11.1. The first-order valence-electron chi connectivity index (χ1n) is 18.2. The van der Waals surface area contributed by atoms with Crippen molar-refractivity contribution in [3.8, 4) is 22.6 Å². The lowest BCUT2D eigenvalue weighted by atomic mass is 10.0. The molecule has 56 heavy (non-hydrogen) atoms. The summed E-state index contributed by atoms with van der Waals surface area (Å²) in [7, 11) is -4.52. The SMILES string of the molecule is CCCOc1ccc(C[C@H](NC(=O)[C@@H]2C[C@H](Oc3ccc(-c4ccc(C)cc4)cc3)CN2C(=O)OC(C)(C)C)C(=O)NS(=O)(=O)c2ccc([N+](=O)[O-])cc2)cc1. The maximum atomic E-state index is 14.1. The van der Waals surface area contributed by atoms with E-state index in [1.165, 1.54) is 4.90 Å². The van der Waals surface area contributed by atoms with E-state index in [0.29, 0.717) is 23.7 Å². The van der Waals surface area contributed by atoms with Crippen molar-refractivity contribution < 1.29 is 41.9 Å². The zero-order valence-electron chi connectivity index (χ0n) is 31.9. The molecule has 5 rings (SSSR count). The number of rotatable bonds is 14. The number of aryl methyl sites for hydroxylation is 1. The summed E-state index contributed by atoms with van der Waals surface area (Å²) in [5, 5.41) is 13.8. The normalized spacial score (nSPS) is 16.1. The molecule has 14 nitrogen and oxygen atoms in total. The lowest BCUT2D eigenvalue weighted by Gasteiger charge is -2.28. The van der Waals surface area contributed by atoms with Gasteiger partial charge in [0.1, 0.15) is 35.3 Å². The van der Waals surface area contributed by atoms with E-state index in [0.717, 1.165) is 47.4 Å². The summed E-state index contributed by atoms with van der Waals surface area (Å²) in [5.41, 5.74) is 2.53. The highest BCUT2D eigenvalue weighted by Crippen LogP contribution is 2.28. The highest BCUT2D eigenvalue weighted by atomic mass is 32.2. The first-order chi connectivity index (χ1) is 26.5. The van der Waals surface area contributed by atoms with Crippen LogP contribution >= 0.6 is 0 Å². The molecule has 0 saturated carbocycles. The topological polar surface area (TPSA) is 183 Å². The Bertz CT molecular complexity index is 2120. The molecular formula is C41H46N4O10S. The van der Waals surface area contributed by atoms with Gasteiger partial charge in [0.05, 0.1) is 23.0 Å². The van der Waals surface area contributed by atoms with Crippen LogP contribution in [0.3, 0.4) is 0 Å². The van der Waals surface area contributed by atoms with Gasteiger partial charge in [-0.2, -0.15) is 0 Å². The fourth-order valence-electron chi connectivity index (χ4n) is 5.98. The van der Waals surface area contributed by atoms with Crippen molar-refractivity contribution in [3.63, 3.8) is 0 Å². The van der Waals surface area contributed by atoms with Crippen molar-refractivity contribution in [3.05, 3.63) is 118 Å². The van der Waals surface area contributed by atoms with E-state index in [4.69, 9.17) is 14.2 Å². The fourth-order valence-corrected chi connectivity index (χ4v) is 7.00. The lowest BCUT2D eigenvalue weighted by Crippen LogP contribution is -2.54. The average Bonchev–Trinajstić information content (AvgIpc) is 3.58. The fraction of sp³-hybridized carbons (Fsp3) is 0.341. The van der Waals surface area contributed by atoms with E-state index >= 15 is 0 Å². The minimum atomic E-state index is -4.52. The molecule has 0 unspecified atom stereocenters. The van der Waals surface area contributed by atoms with Crippen LogP contribution in [0.25, 0.3) is 11.1 Å². The number of hydrogen-bond acceptors (Lipinski definition) is 10. The molecule has 1 aliphatic rings. The van der Waals surface area contributed by atoms with Crippen LogP contribution in [0.2, 0.25) is 0 Å². The number of likely N-dealkylation sites (tertiary alicyclic amines) is 1. The number of sulfonamides is 1. The third-order valence-electron chi connectivity index (χ3n) is 8.80. The van der Waals surface area contributed by atoms with Gasteiger partial charge < -0.3 is 19.5 Å². The van der Waals surface area contributed by atoms with Crippen LogP contribution in [0.15, 0.2) is 102 Å². The summed E-state index contributed by atoms with van der Waals surface area (Å²) in [5.74, 6) is -0.675. The predicted molar refractivity (Wildman–Crippen MR) is 209 cm³/mol. The number of carbonyl (C=O) groups is 3. The van der Waals surface area contributed by atoms with Crippen LogP contribution in [0, 0.1) is 17.0 Å². The van der Waals surface area contributed by atoms with Crippen molar-refractivity contribution in [1.82, 2.24) is 14.9 Å². The van der Waals surface area contributed by atoms with E-state index in [9.17, 15) is 32.9 Å². The van der Waals surface area contributed by atoms with Gasteiger partial charge in [0.25, 0.3) is 21.6 Å². The average molecular weight is 787 g/mol. The first-order valence-corrected chi connectivity index (χ1v) is 19.7. The molecule has 3 amide bonds. The highest BCUT2D eigenvalue weighted by molar-refractivity contribution is 7.90. The zero-order valence-corrected chi connectivity index (χ0v) is 32.7. The summed E-state index contributed by atoms with van der Waals surface area (Å²) < 4.78 is 46.1. The minimum Gasteiger partial charge on any atom is -0.494 e. The molecule has 0 aliphatic carbocycles. The first kappa shape index (κ1) is 41.2. The molecule has 0 spiro atoms. The second-order valence-electron chi connectivity index (χ2n) is 14.5. The van der Waals surface area contributed by atoms with Gasteiger partial charge in [-0.05, 0) is 87.2 Å². The van der Waals surface area contributed by atoms with Crippen molar-refractivity contribution >= 4 is 33.6 Å². The second-order valence-corrected chi connectivity index (χ2v) is 16.2. The maximum absolute atomic E-state index is 14.1. The maximum Gasteiger partial charge on any atom is 0.411 e. The van der Waals surface area contributed by atoms with Gasteiger partial charge >= 0.3 is 6.09 Å². The zero-order chi connectivity index (χ0) is 40.6. The van der Waals surface area contributed by atoms with Gasteiger partial charge in [0, 0.05) is 25.0 Å². The molecule has 1 heterocycles. The Morgan fingerprint density at radius 1 is 0.893 bits per heavy atom. The number of nitro groups is 1. The molecule has 0 aromatic heterocycles. The molecule has 3 atom stereocenters. The molecule has 4 aromatic rings. The summed E-state index contributed by atoms with van der Waals surface area (Å²) in [6, 6.07) is 23.8. The summed E-state index contributed by atoms with van der Waals surface area (Å²) in [4.78, 5) is 52.6. The summed E-state index contributed by atoms with van der Waals surface area (Å²) in [6.45, 7) is 9.58. The third-order valence-corrected chi connectivity index (χ3v) is 10.2. The van der Waals surface area contributed by atoms with E-state index < -0.39 is 61.5 Å². The lowest BCUT2D eigenvalue weighted by molar-refractivity contribution is -0.384. The number of nitro benzene ring substituents is 1. The number of nitrogens with one attached hydrogen (secondary N) is 2. The number of hydrogen-bond donors (Lipinski definition) is 2. The molecule has 2 N–H and O–H groups in total. The second kappa shape index (κ2) is 17.7. The van der Waals surface area contributed by atoms with E-state index in [1.807, 2.05) is 67.1 Å². The number of nitrogens with zero attached hydrogens (tertiary/aromatic N) is 2. The Labute approximate surface area is 326 Å². The predicted octanol–water partition coefficient (Wildman–Crippen LogP) is 6.35. The van der Waals surface area contributed by atoms with Gasteiger partial charge in [-0.15, -0.1) is 0 Å². The van der Waals surface area contributed by atoms with Gasteiger partial charge in [-0.3, -0.25) is 24.6 Å². The van der Waals surface area contributed by atoms with Crippen LogP contribution in [-0.2, 0) is 30.8 Å². The molecular weight excluding hydrogens is 741 g/mol. The van der Waals surface area contributed by atoms with Gasteiger partial charge in [0.15, 0.2) is 0 Å². The molecule has 0 bridgehead atoms. The Morgan fingerprint density at radius 3 is 2.05 bits per heavy atom. The molecule has 4 aromatic carbocycles. The largest absolute Gasteiger partial charge is 0.494 e. The number of ether oxygens (including phenoxy) is 3. The van der Waals surface area contributed by atoms with Gasteiger partial charge in [0.2, 0.25) is 5.91 Å². The number of amides is 3. The van der Waals surface area contributed by atoms with E-state index in [1.54, 1.807) is 45.0 Å². The van der Waals surface area contributed by atoms with Gasteiger partial charge in [-0.1, -0.05) is 61.0 Å². The summed E-state index contributed by atoms with van der Waals surface area (Å²) >= 11 is 0. The molecule has 1 fully saturated rings. The van der Waals surface area contributed by atoms with Crippen LogP contribution in [0.1, 0.15) is 51.7 Å². The quantitative estimate of drug-likeness (QED) is 0.108. The highest BCUT2D eigenvalue weighted by Gasteiger charge is 2.43. The van der Waals surface area contributed by atoms with E-state index in [-0.39, 0.29) is 25.1 Å². The van der Waals surface area contributed by atoms with E-state index in [2.05, 4.69) is 5.32 Å². The van der Waals surface area contributed by atoms with Crippen LogP contribution in [-0.4, -0.2) is 73.1 Å². The molecule has 1 saturated heterocycles. The standard InChI is InChI=1S/C41H46N4O10S/c1-6-23-53-32-17-9-28(10-18-32)24-36(38(46)43-56(51,52)35-21-15-31(16-22-35)45(49)50)42-39(47)37-25-34(26-44(37)40(48)55-41(3,4)5)54-33-19-13-30(14-20-33)29-11-7-27(2)8-12-29/h7-22,34,36-37H,6,23-26H2,1-5H3,(H,42,47)(H,43,46)/t34-,36-,37-/m0/s1. The Kier molecular flexibility index (Phi) is 13.0. The number of benzene rings is 4. The number of non-ortho nitro benzene ring substituents is 1. The molecule has 296 valence electrons. The number of carbonyl (C=O) groups excluding carboxylic acids is 3. The minimum absolute atomic E-state index is 0.00266. The monoisotopic (exact) mass is 786 g/mol. The van der Waals surface area contributed by atoms with Gasteiger partial charge in [-0.25, -0.2) is 17.9 Å².